The van der Waals surface area contributed by atoms with E-state index in [1.54, 1.807) is 18.5 Å². The summed E-state index contributed by atoms with van der Waals surface area (Å²) in [5.74, 6) is -0.450. The second kappa shape index (κ2) is 4.67. The molecule has 0 aliphatic rings. The third kappa shape index (κ3) is 2.08. The smallest absolute Gasteiger partial charge is 0.147 e. The molecule has 0 aliphatic carbocycles. The molecule has 98 valence electrons. The first-order valence-electron chi connectivity index (χ1n) is 6.05. The molecule has 0 radical (unpaired) electrons. The number of imidazole rings is 1. The number of nitrogens with one attached hydrogen (secondary N) is 1. The Bertz CT molecular complexity index is 829. The van der Waals surface area contributed by atoms with Gasteiger partial charge in [0, 0.05) is 12.7 Å². The lowest BCUT2D eigenvalue weighted by Gasteiger charge is -2.08. The fourth-order valence-electron chi connectivity index (χ4n) is 2.05. The van der Waals surface area contributed by atoms with Crippen LogP contribution in [0, 0.1) is 17.1 Å². The van der Waals surface area contributed by atoms with Gasteiger partial charge in [-0.2, -0.15) is 5.26 Å². The molecule has 4 nitrogen and oxygen atoms in total. The molecule has 20 heavy (non-hydrogen) atoms. The van der Waals surface area contributed by atoms with E-state index in [0.717, 1.165) is 16.7 Å². The Hall–Kier alpha value is -2.87. The van der Waals surface area contributed by atoms with E-state index in [9.17, 15) is 4.39 Å². The van der Waals surface area contributed by atoms with Crippen molar-refractivity contribution in [2.24, 2.45) is 7.05 Å². The Kier molecular flexibility index (Phi) is 2.84. The Morgan fingerprint density at radius 3 is 2.85 bits per heavy atom. The summed E-state index contributed by atoms with van der Waals surface area (Å²) in [6.45, 7) is 0. The molecule has 1 N–H and O–H groups in total. The minimum absolute atomic E-state index is 0.301. The number of nitriles is 1. The van der Waals surface area contributed by atoms with E-state index < -0.39 is 5.82 Å². The van der Waals surface area contributed by atoms with Gasteiger partial charge in [0.2, 0.25) is 0 Å². The van der Waals surface area contributed by atoms with Crippen LogP contribution in [0.3, 0.4) is 0 Å². The molecule has 3 rings (SSSR count). The van der Waals surface area contributed by atoms with Crippen LogP contribution < -0.4 is 5.32 Å². The highest BCUT2D eigenvalue weighted by Gasteiger charge is 2.06. The molecule has 2 aromatic carbocycles. The Morgan fingerprint density at radius 1 is 1.25 bits per heavy atom. The summed E-state index contributed by atoms with van der Waals surface area (Å²) in [4.78, 5) is 4.23. The zero-order valence-electron chi connectivity index (χ0n) is 10.8. The van der Waals surface area contributed by atoms with Crippen LogP contribution >= 0.6 is 0 Å². The molecule has 1 aromatic heterocycles. The third-order valence-corrected chi connectivity index (χ3v) is 3.10. The first kappa shape index (κ1) is 12.2. The summed E-state index contributed by atoms with van der Waals surface area (Å²) in [6.07, 6.45) is 1.73. The quantitative estimate of drug-likeness (QED) is 0.774. The molecule has 3 aromatic rings. The molecular weight excluding hydrogens is 255 g/mol. The minimum Gasteiger partial charge on any atom is -0.353 e. The van der Waals surface area contributed by atoms with Crippen LogP contribution in [-0.2, 0) is 7.05 Å². The molecule has 1 heterocycles. The van der Waals surface area contributed by atoms with Gasteiger partial charge in [0.05, 0.1) is 34.7 Å². The van der Waals surface area contributed by atoms with Crippen LogP contribution in [0.4, 0.5) is 15.8 Å². The summed E-state index contributed by atoms with van der Waals surface area (Å²) >= 11 is 0. The number of halogens is 1. The van der Waals surface area contributed by atoms with Gasteiger partial charge in [-0.05, 0) is 36.4 Å². The first-order chi connectivity index (χ1) is 9.67. The second-order valence-electron chi connectivity index (χ2n) is 4.49. The number of hydrogen-bond acceptors (Lipinski definition) is 3. The topological polar surface area (TPSA) is 53.6 Å². The largest absolute Gasteiger partial charge is 0.353 e. The van der Waals surface area contributed by atoms with Crippen molar-refractivity contribution in [3.8, 4) is 6.07 Å². The zero-order valence-corrected chi connectivity index (χ0v) is 10.8. The number of anilines is 2. The van der Waals surface area contributed by atoms with Gasteiger partial charge in [0.25, 0.3) is 0 Å². The van der Waals surface area contributed by atoms with Gasteiger partial charge in [-0.3, -0.25) is 0 Å². The Morgan fingerprint density at radius 2 is 2.10 bits per heavy atom. The van der Waals surface area contributed by atoms with Crippen molar-refractivity contribution in [1.82, 2.24) is 9.55 Å². The van der Waals surface area contributed by atoms with Crippen molar-refractivity contribution in [2.45, 2.75) is 0 Å². The van der Waals surface area contributed by atoms with Crippen LogP contribution in [0.5, 0.6) is 0 Å². The number of hydrogen-bond donors (Lipinski definition) is 1. The van der Waals surface area contributed by atoms with Gasteiger partial charge in [-0.15, -0.1) is 0 Å². The van der Waals surface area contributed by atoms with Crippen LogP contribution in [-0.4, -0.2) is 9.55 Å². The predicted octanol–water partition coefficient (Wildman–Crippen LogP) is 3.33. The van der Waals surface area contributed by atoms with E-state index in [0.29, 0.717) is 11.3 Å². The second-order valence-corrected chi connectivity index (χ2v) is 4.49. The lowest BCUT2D eigenvalue weighted by molar-refractivity contribution is 0.631. The lowest BCUT2D eigenvalue weighted by Crippen LogP contribution is -1.95. The van der Waals surface area contributed by atoms with E-state index in [4.69, 9.17) is 5.26 Å². The fraction of sp³-hybridized carbons (Fsp3) is 0.0667. The number of aromatic nitrogens is 2. The molecule has 0 saturated heterocycles. The van der Waals surface area contributed by atoms with Crippen molar-refractivity contribution in [3.05, 3.63) is 54.1 Å². The van der Waals surface area contributed by atoms with Crippen LogP contribution in [0.25, 0.3) is 11.0 Å². The van der Waals surface area contributed by atoms with Gasteiger partial charge >= 0.3 is 0 Å². The standard InChI is InChI=1S/C15H11FN4/c1-20-9-18-14-5-3-11(7-15(14)20)19-13-4-2-10(8-17)6-12(13)16/h2-7,9,19H,1H3. The highest BCUT2D eigenvalue weighted by Crippen LogP contribution is 2.23. The van der Waals surface area contributed by atoms with Gasteiger partial charge in [0.1, 0.15) is 5.82 Å². The van der Waals surface area contributed by atoms with E-state index in [2.05, 4.69) is 10.3 Å². The number of nitrogens with zero attached hydrogens (tertiary/aromatic N) is 3. The maximum atomic E-state index is 13.8. The maximum absolute atomic E-state index is 13.8. The van der Waals surface area contributed by atoms with E-state index >= 15 is 0 Å². The molecule has 0 atom stereocenters. The fourth-order valence-corrected chi connectivity index (χ4v) is 2.05. The Labute approximate surface area is 115 Å². The molecule has 0 fully saturated rings. The van der Waals surface area contributed by atoms with E-state index in [1.807, 2.05) is 35.9 Å². The summed E-state index contributed by atoms with van der Waals surface area (Å²) in [7, 11) is 1.90. The average molecular weight is 266 g/mol. The molecular formula is C15H11FN4. The lowest BCUT2D eigenvalue weighted by atomic mass is 10.2. The highest BCUT2D eigenvalue weighted by molar-refractivity contribution is 5.80. The number of rotatable bonds is 2. The maximum Gasteiger partial charge on any atom is 0.147 e. The number of aryl methyl sites for hydroxylation is 1. The molecule has 0 bridgehead atoms. The van der Waals surface area contributed by atoms with Crippen LogP contribution in [0.15, 0.2) is 42.7 Å². The number of benzene rings is 2. The monoisotopic (exact) mass is 266 g/mol. The van der Waals surface area contributed by atoms with Crippen molar-refractivity contribution >= 4 is 22.4 Å². The predicted molar refractivity (Wildman–Crippen MR) is 75.1 cm³/mol. The highest BCUT2D eigenvalue weighted by atomic mass is 19.1. The van der Waals surface area contributed by atoms with Crippen LogP contribution in [0.1, 0.15) is 5.56 Å². The summed E-state index contributed by atoms with van der Waals surface area (Å²) < 4.78 is 15.7. The molecule has 0 aliphatic heterocycles. The molecule has 0 saturated carbocycles. The summed E-state index contributed by atoms with van der Waals surface area (Å²) in [5, 5.41) is 11.7. The van der Waals surface area contributed by atoms with Gasteiger partial charge < -0.3 is 9.88 Å². The van der Waals surface area contributed by atoms with E-state index in [1.165, 1.54) is 6.07 Å². The molecule has 0 spiro atoms. The Balaban J connectivity index is 1.96. The van der Waals surface area contributed by atoms with Gasteiger partial charge in [-0.25, -0.2) is 9.37 Å². The number of fused-ring (bicyclic) bond motifs is 1. The average Bonchev–Trinajstić information content (AvgIpc) is 2.82. The van der Waals surface area contributed by atoms with Crippen molar-refractivity contribution in [2.75, 3.05) is 5.32 Å². The van der Waals surface area contributed by atoms with Crippen molar-refractivity contribution in [1.29, 1.82) is 5.26 Å². The minimum atomic E-state index is -0.450. The third-order valence-electron chi connectivity index (χ3n) is 3.10. The summed E-state index contributed by atoms with van der Waals surface area (Å²) in [6, 6.07) is 11.9. The zero-order chi connectivity index (χ0) is 14.1. The first-order valence-corrected chi connectivity index (χ1v) is 6.05. The van der Waals surface area contributed by atoms with Gasteiger partial charge in [0.15, 0.2) is 0 Å². The van der Waals surface area contributed by atoms with E-state index in [-0.39, 0.29) is 0 Å². The SMILES string of the molecule is Cn1cnc2ccc(Nc3ccc(C#N)cc3F)cc21. The summed E-state index contributed by atoms with van der Waals surface area (Å²) in [5.41, 5.74) is 3.26. The molecule has 5 heteroatoms. The van der Waals surface area contributed by atoms with Crippen molar-refractivity contribution in [3.63, 3.8) is 0 Å². The van der Waals surface area contributed by atoms with Crippen LogP contribution in [0.2, 0.25) is 0 Å². The van der Waals surface area contributed by atoms with Gasteiger partial charge in [-0.1, -0.05) is 0 Å². The molecule has 0 amide bonds. The van der Waals surface area contributed by atoms with Crippen molar-refractivity contribution < 1.29 is 4.39 Å². The normalized spacial score (nSPS) is 10.4. The molecule has 0 unspecified atom stereocenters.